The lowest BCUT2D eigenvalue weighted by Gasteiger charge is -2.15. The van der Waals surface area contributed by atoms with E-state index in [-0.39, 0.29) is 10.1 Å². The molecule has 1 aliphatic carbocycles. The summed E-state index contributed by atoms with van der Waals surface area (Å²) in [6.07, 6.45) is 1.66. The number of anilines is 1. The Morgan fingerprint density at radius 1 is 1.22 bits per heavy atom. The van der Waals surface area contributed by atoms with E-state index in [1.54, 1.807) is 29.6 Å². The van der Waals surface area contributed by atoms with Crippen molar-refractivity contribution in [3.05, 3.63) is 47.3 Å². The molecule has 0 spiro atoms. The van der Waals surface area contributed by atoms with Crippen molar-refractivity contribution in [1.29, 1.82) is 0 Å². The molecule has 0 radical (unpaired) electrons. The predicted molar refractivity (Wildman–Crippen MR) is 91.2 cm³/mol. The highest BCUT2D eigenvalue weighted by Gasteiger charge is 2.50. The predicted octanol–water partition coefficient (Wildman–Crippen LogP) is 2.72. The molecule has 1 amide bonds. The van der Waals surface area contributed by atoms with E-state index < -0.39 is 15.4 Å². The Bertz CT molecular complexity index is 792. The van der Waals surface area contributed by atoms with E-state index >= 15 is 0 Å². The zero-order valence-electron chi connectivity index (χ0n) is 12.7. The van der Waals surface area contributed by atoms with Gasteiger partial charge in [0.1, 0.15) is 4.21 Å². The van der Waals surface area contributed by atoms with Crippen molar-refractivity contribution in [3.8, 4) is 0 Å². The van der Waals surface area contributed by atoms with Crippen LogP contribution in [-0.2, 0) is 20.2 Å². The molecule has 1 aliphatic rings. The van der Waals surface area contributed by atoms with Crippen molar-refractivity contribution < 1.29 is 13.2 Å². The third-order valence-electron chi connectivity index (χ3n) is 3.97. The molecule has 122 valence electrons. The first-order valence-electron chi connectivity index (χ1n) is 7.43. The van der Waals surface area contributed by atoms with E-state index in [4.69, 9.17) is 0 Å². The van der Waals surface area contributed by atoms with Crippen LogP contribution in [-0.4, -0.2) is 20.9 Å². The number of hydrogen-bond donors (Lipinski definition) is 2. The average molecular weight is 350 g/mol. The maximum atomic E-state index is 12.2. The number of benzene rings is 1. The van der Waals surface area contributed by atoms with Crippen molar-refractivity contribution in [3.63, 3.8) is 0 Å². The Hall–Kier alpha value is -1.86. The Balaban J connectivity index is 1.77. The number of nitrogens with one attached hydrogen (secondary N) is 2. The first kappa shape index (κ1) is 16.0. The highest BCUT2D eigenvalue weighted by atomic mass is 32.2. The molecule has 0 aliphatic heterocycles. The summed E-state index contributed by atoms with van der Waals surface area (Å²) in [5, 5.41) is 4.59. The van der Waals surface area contributed by atoms with Crippen LogP contribution in [0.5, 0.6) is 0 Å². The smallest absolute Gasteiger partial charge is 0.271 e. The quantitative estimate of drug-likeness (QED) is 0.841. The molecular weight excluding hydrogens is 332 g/mol. The number of sulfonamides is 1. The second kappa shape index (κ2) is 5.98. The highest BCUT2D eigenvalue weighted by molar-refractivity contribution is 7.94. The lowest BCUT2D eigenvalue weighted by molar-refractivity contribution is -0.123. The van der Waals surface area contributed by atoms with Gasteiger partial charge in [-0.25, -0.2) is 8.42 Å². The monoisotopic (exact) mass is 350 g/mol. The van der Waals surface area contributed by atoms with Crippen molar-refractivity contribution in [1.82, 2.24) is 5.32 Å². The van der Waals surface area contributed by atoms with Gasteiger partial charge in [-0.3, -0.25) is 9.52 Å². The standard InChI is InChI=1S/C16H18N2O3S2/c1-2-17-15(19)16(9-10-16)12-5-7-13(8-6-12)18-23(20,21)14-4-3-11-22-14/h3-8,11,18H,2,9-10H2,1H3,(H,17,19). The Kier molecular flexibility index (Phi) is 4.16. The third-order valence-corrected chi connectivity index (χ3v) is 6.75. The van der Waals surface area contributed by atoms with Crippen molar-refractivity contribution in [2.45, 2.75) is 29.4 Å². The van der Waals surface area contributed by atoms with Crippen molar-refractivity contribution in [2.75, 3.05) is 11.3 Å². The minimum absolute atomic E-state index is 0.0481. The largest absolute Gasteiger partial charge is 0.356 e. The number of thiophene rings is 1. The van der Waals surface area contributed by atoms with Crippen LogP contribution in [0.15, 0.2) is 46.0 Å². The minimum Gasteiger partial charge on any atom is -0.356 e. The summed E-state index contributed by atoms with van der Waals surface area (Å²) in [6, 6.07) is 10.3. The maximum Gasteiger partial charge on any atom is 0.271 e. The van der Waals surface area contributed by atoms with E-state index in [0.717, 1.165) is 18.4 Å². The van der Waals surface area contributed by atoms with Gasteiger partial charge >= 0.3 is 0 Å². The van der Waals surface area contributed by atoms with Crippen LogP contribution >= 0.6 is 11.3 Å². The molecule has 2 N–H and O–H groups in total. The fourth-order valence-corrected chi connectivity index (χ4v) is 4.63. The summed E-state index contributed by atoms with van der Waals surface area (Å²) in [5.41, 5.74) is 0.998. The second-order valence-electron chi connectivity index (χ2n) is 5.56. The van der Waals surface area contributed by atoms with Crippen molar-refractivity contribution in [2.24, 2.45) is 0 Å². The Labute approximate surface area is 139 Å². The first-order valence-corrected chi connectivity index (χ1v) is 9.79. The summed E-state index contributed by atoms with van der Waals surface area (Å²) in [5.74, 6) is 0.0481. The third kappa shape index (κ3) is 3.11. The van der Waals surface area contributed by atoms with Gasteiger partial charge in [0.25, 0.3) is 10.0 Å². The molecule has 2 aromatic rings. The van der Waals surface area contributed by atoms with Gasteiger partial charge in [0.15, 0.2) is 0 Å². The van der Waals surface area contributed by atoms with E-state index in [1.807, 2.05) is 19.1 Å². The second-order valence-corrected chi connectivity index (χ2v) is 8.41. The zero-order valence-corrected chi connectivity index (χ0v) is 14.3. The fourth-order valence-electron chi connectivity index (χ4n) is 2.58. The van der Waals surface area contributed by atoms with Crippen LogP contribution in [0.3, 0.4) is 0 Å². The molecule has 1 fully saturated rings. The molecule has 0 atom stereocenters. The van der Waals surface area contributed by atoms with Crippen molar-refractivity contribution >= 4 is 33.0 Å². The topological polar surface area (TPSA) is 75.3 Å². The SMILES string of the molecule is CCNC(=O)C1(c2ccc(NS(=O)(=O)c3cccs3)cc2)CC1. The molecule has 3 rings (SSSR count). The molecule has 0 saturated heterocycles. The molecule has 0 bridgehead atoms. The van der Waals surface area contributed by atoms with Gasteiger partial charge in [0.05, 0.1) is 5.41 Å². The van der Waals surface area contributed by atoms with E-state index in [2.05, 4.69) is 10.0 Å². The first-order chi connectivity index (χ1) is 11.0. The van der Waals surface area contributed by atoms with Crippen LogP contribution in [0.4, 0.5) is 5.69 Å². The number of hydrogen-bond acceptors (Lipinski definition) is 4. The molecule has 23 heavy (non-hydrogen) atoms. The van der Waals surface area contributed by atoms with Crippen LogP contribution in [0.2, 0.25) is 0 Å². The van der Waals surface area contributed by atoms with Crippen LogP contribution in [0, 0.1) is 0 Å². The molecule has 7 heteroatoms. The Morgan fingerprint density at radius 2 is 1.91 bits per heavy atom. The molecule has 1 saturated carbocycles. The molecule has 1 aromatic carbocycles. The van der Waals surface area contributed by atoms with Gasteiger partial charge in [0, 0.05) is 12.2 Å². The summed E-state index contributed by atoms with van der Waals surface area (Å²) in [7, 11) is -3.54. The molecule has 5 nitrogen and oxygen atoms in total. The number of amides is 1. The summed E-state index contributed by atoms with van der Waals surface area (Å²) >= 11 is 1.17. The minimum atomic E-state index is -3.54. The van der Waals surface area contributed by atoms with Crippen LogP contribution < -0.4 is 10.0 Å². The zero-order chi connectivity index (χ0) is 16.5. The highest BCUT2D eigenvalue weighted by Crippen LogP contribution is 2.48. The van der Waals surface area contributed by atoms with Gasteiger partial charge in [-0.1, -0.05) is 18.2 Å². The average Bonchev–Trinajstić information content (AvgIpc) is 3.13. The van der Waals surface area contributed by atoms with Gasteiger partial charge in [0.2, 0.25) is 5.91 Å². The number of carbonyl (C=O) groups excluding carboxylic acids is 1. The van der Waals surface area contributed by atoms with Gasteiger partial charge in [-0.05, 0) is 48.9 Å². The van der Waals surface area contributed by atoms with Gasteiger partial charge < -0.3 is 5.32 Å². The molecule has 0 unspecified atom stereocenters. The summed E-state index contributed by atoms with van der Waals surface area (Å²) in [6.45, 7) is 2.51. The molecular formula is C16H18N2O3S2. The fraction of sp³-hybridized carbons (Fsp3) is 0.312. The van der Waals surface area contributed by atoms with E-state index in [9.17, 15) is 13.2 Å². The number of rotatable bonds is 6. The van der Waals surface area contributed by atoms with Crippen LogP contribution in [0.1, 0.15) is 25.3 Å². The lowest BCUT2D eigenvalue weighted by atomic mass is 9.95. The summed E-state index contributed by atoms with van der Waals surface area (Å²) in [4.78, 5) is 12.2. The Morgan fingerprint density at radius 3 is 2.43 bits per heavy atom. The van der Waals surface area contributed by atoms with E-state index in [0.29, 0.717) is 12.2 Å². The maximum absolute atomic E-state index is 12.2. The normalized spacial score (nSPS) is 15.9. The van der Waals surface area contributed by atoms with Gasteiger partial charge in [-0.15, -0.1) is 11.3 Å². The van der Waals surface area contributed by atoms with Crippen LogP contribution in [0.25, 0.3) is 0 Å². The van der Waals surface area contributed by atoms with Gasteiger partial charge in [-0.2, -0.15) is 0 Å². The lowest BCUT2D eigenvalue weighted by Crippen LogP contribution is -2.34. The van der Waals surface area contributed by atoms with E-state index in [1.165, 1.54) is 11.3 Å². The molecule has 1 aromatic heterocycles. The summed E-state index contributed by atoms with van der Waals surface area (Å²) < 4.78 is 27.2. The molecule has 1 heterocycles. The number of likely N-dealkylation sites (N-methyl/N-ethyl adjacent to an activating group) is 1. The number of carbonyl (C=O) groups is 1.